The smallest absolute Gasteiger partial charge is 0.126 e. The Labute approximate surface area is 212 Å². The molecule has 3 rings (SSSR count). The molecule has 3 unspecified atom stereocenters. The van der Waals surface area contributed by atoms with Crippen LogP contribution in [0.15, 0.2) is 43.0 Å². The Bertz CT molecular complexity index is 946. The molecular formula is C30H43NO4. The second kappa shape index (κ2) is 13.9. The van der Waals surface area contributed by atoms with E-state index >= 15 is 0 Å². The minimum Gasteiger partial charge on any atom is -0.497 e. The number of benzene rings is 2. The molecule has 0 spiro atoms. The summed E-state index contributed by atoms with van der Waals surface area (Å²) in [5.41, 5.74) is 4.05. The molecule has 1 aliphatic rings. The highest BCUT2D eigenvalue weighted by atomic mass is 16.5. The Hall–Kier alpha value is -2.79. The first-order chi connectivity index (χ1) is 16.7. The van der Waals surface area contributed by atoms with Gasteiger partial charge in [-0.15, -0.1) is 0 Å². The molecular weight excluding hydrogens is 438 g/mol. The highest BCUT2D eigenvalue weighted by Gasteiger charge is 2.22. The summed E-state index contributed by atoms with van der Waals surface area (Å²) in [5.74, 6) is 3.94. The zero-order valence-corrected chi connectivity index (χ0v) is 22.6. The maximum atomic E-state index is 11.4. The molecule has 0 aliphatic carbocycles. The molecule has 0 amide bonds. The normalized spacial score (nSPS) is 18.6. The molecule has 0 aromatic heterocycles. The fourth-order valence-corrected chi connectivity index (χ4v) is 5.10. The van der Waals surface area contributed by atoms with E-state index in [1.54, 1.807) is 20.3 Å². The summed E-state index contributed by atoms with van der Waals surface area (Å²) >= 11 is 0. The lowest BCUT2D eigenvalue weighted by molar-refractivity contribution is -0.108. The van der Waals surface area contributed by atoms with Gasteiger partial charge in [-0.1, -0.05) is 38.6 Å². The van der Waals surface area contributed by atoms with Crippen LogP contribution in [0.4, 0.5) is 0 Å². The van der Waals surface area contributed by atoms with Crippen molar-refractivity contribution in [2.75, 3.05) is 41.0 Å². The largest absolute Gasteiger partial charge is 0.497 e. The topological polar surface area (TPSA) is 48.0 Å². The Balaban J connectivity index is 0.000000402. The van der Waals surface area contributed by atoms with E-state index in [1.165, 1.54) is 19.5 Å². The number of rotatable bonds is 9. The van der Waals surface area contributed by atoms with Crippen LogP contribution in [-0.2, 0) is 4.79 Å². The van der Waals surface area contributed by atoms with Crippen molar-refractivity contribution in [1.29, 1.82) is 0 Å². The molecule has 1 aliphatic heterocycles. The van der Waals surface area contributed by atoms with Gasteiger partial charge in [0.1, 0.15) is 30.1 Å². The van der Waals surface area contributed by atoms with Gasteiger partial charge in [-0.05, 0) is 68.0 Å². The number of aryl methyl sites for hydroxylation is 2. The number of piperidine rings is 1. The third-order valence-electron chi connectivity index (χ3n) is 6.48. The van der Waals surface area contributed by atoms with Gasteiger partial charge in [0.2, 0.25) is 0 Å². The van der Waals surface area contributed by atoms with Crippen molar-refractivity contribution in [2.24, 2.45) is 11.8 Å². The number of nitrogens with zero attached hydrogens (tertiary/aromatic N) is 1. The summed E-state index contributed by atoms with van der Waals surface area (Å²) in [6, 6.07) is 9.85. The van der Waals surface area contributed by atoms with Gasteiger partial charge in [-0.25, -0.2) is 0 Å². The summed E-state index contributed by atoms with van der Waals surface area (Å²) in [5, 5.41) is 0. The monoisotopic (exact) mass is 481 g/mol. The zero-order chi connectivity index (χ0) is 26.0. The predicted molar refractivity (Wildman–Crippen MR) is 144 cm³/mol. The second-order valence-electron chi connectivity index (χ2n) is 9.81. The molecule has 0 bridgehead atoms. The molecule has 3 atom stereocenters. The minimum absolute atomic E-state index is 0.125. The van der Waals surface area contributed by atoms with Crippen LogP contribution in [-0.4, -0.2) is 52.1 Å². The van der Waals surface area contributed by atoms with E-state index in [0.29, 0.717) is 18.8 Å². The Kier molecular flexibility index (Phi) is 11.3. The molecule has 0 saturated carbocycles. The van der Waals surface area contributed by atoms with Crippen LogP contribution in [0.25, 0.3) is 0 Å². The third-order valence-corrected chi connectivity index (χ3v) is 6.48. The molecule has 0 radical (unpaired) electrons. The number of carbonyl (C=O) groups is 1. The number of aldehydes is 1. The van der Waals surface area contributed by atoms with Gasteiger partial charge in [0.25, 0.3) is 0 Å². The summed E-state index contributed by atoms with van der Waals surface area (Å²) in [4.78, 5) is 13.8. The Morgan fingerprint density at radius 1 is 1.03 bits per heavy atom. The fraction of sp³-hybridized carbons (Fsp3) is 0.500. The molecule has 2 aromatic carbocycles. The quantitative estimate of drug-likeness (QED) is 0.315. The first kappa shape index (κ1) is 28.4. The number of carbonyl (C=O) groups excluding carboxylic acids is 1. The summed E-state index contributed by atoms with van der Waals surface area (Å²) < 4.78 is 16.7. The standard InChI is InChI=1S/C22H26O4.C8H17N/c1-6-11-26-20-13-17(8-7-15(20)2)19(9-10-23)22-16(3)12-18(24-4)14-21(22)25-5;1-7-4-8(2)6-9(3)5-7/h6-8,10,12-14,19H,1,9,11H2,2-5H3;7-8H,4-6H2,1-3H3. The van der Waals surface area contributed by atoms with Crippen molar-refractivity contribution in [2.45, 2.75) is 46.5 Å². The third kappa shape index (κ3) is 8.14. The number of hydrogen-bond donors (Lipinski definition) is 0. The molecule has 35 heavy (non-hydrogen) atoms. The maximum Gasteiger partial charge on any atom is 0.126 e. The van der Waals surface area contributed by atoms with Crippen LogP contribution in [0.2, 0.25) is 0 Å². The molecule has 1 heterocycles. The first-order valence-corrected chi connectivity index (χ1v) is 12.4. The van der Waals surface area contributed by atoms with E-state index in [1.807, 2.05) is 44.2 Å². The molecule has 0 N–H and O–H groups in total. The van der Waals surface area contributed by atoms with Crippen LogP contribution in [0, 0.1) is 25.7 Å². The van der Waals surface area contributed by atoms with E-state index in [0.717, 1.165) is 51.9 Å². The van der Waals surface area contributed by atoms with Gasteiger partial charge in [0.05, 0.1) is 14.2 Å². The van der Waals surface area contributed by atoms with Crippen molar-refractivity contribution >= 4 is 6.29 Å². The zero-order valence-electron chi connectivity index (χ0n) is 22.6. The van der Waals surface area contributed by atoms with E-state index in [2.05, 4.69) is 32.4 Å². The Morgan fingerprint density at radius 2 is 1.71 bits per heavy atom. The minimum atomic E-state index is -0.125. The maximum absolute atomic E-state index is 11.4. The Morgan fingerprint density at radius 3 is 2.26 bits per heavy atom. The van der Waals surface area contributed by atoms with Gasteiger partial charge in [-0.2, -0.15) is 0 Å². The van der Waals surface area contributed by atoms with E-state index < -0.39 is 0 Å². The highest BCUT2D eigenvalue weighted by Crippen LogP contribution is 2.40. The van der Waals surface area contributed by atoms with Crippen molar-refractivity contribution in [3.8, 4) is 17.2 Å². The number of hydrogen-bond acceptors (Lipinski definition) is 5. The average molecular weight is 482 g/mol. The van der Waals surface area contributed by atoms with Gasteiger partial charge in [0, 0.05) is 37.1 Å². The van der Waals surface area contributed by atoms with Crippen LogP contribution in [0.5, 0.6) is 17.2 Å². The molecule has 5 nitrogen and oxygen atoms in total. The van der Waals surface area contributed by atoms with Crippen molar-refractivity contribution in [1.82, 2.24) is 4.90 Å². The summed E-state index contributed by atoms with van der Waals surface area (Å²) in [6.07, 6.45) is 4.43. The van der Waals surface area contributed by atoms with Crippen LogP contribution in [0.3, 0.4) is 0 Å². The first-order valence-electron chi connectivity index (χ1n) is 12.4. The van der Waals surface area contributed by atoms with E-state index in [-0.39, 0.29) is 5.92 Å². The lowest BCUT2D eigenvalue weighted by Crippen LogP contribution is -2.35. The fourth-order valence-electron chi connectivity index (χ4n) is 5.10. The van der Waals surface area contributed by atoms with Gasteiger partial charge < -0.3 is 23.9 Å². The van der Waals surface area contributed by atoms with Crippen molar-refractivity contribution in [3.63, 3.8) is 0 Å². The van der Waals surface area contributed by atoms with Gasteiger partial charge in [-0.3, -0.25) is 0 Å². The van der Waals surface area contributed by atoms with E-state index in [9.17, 15) is 4.79 Å². The van der Waals surface area contributed by atoms with Gasteiger partial charge >= 0.3 is 0 Å². The average Bonchev–Trinajstić information content (AvgIpc) is 2.81. The molecule has 2 aromatic rings. The van der Waals surface area contributed by atoms with Crippen molar-refractivity contribution < 1.29 is 19.0 Å². The van der Waals surface area contributed by atoms with Crippen molar-refractivity contribution in [3.05, 3.63) is 65.2 Å². The highest BCUT2D eigenvalue weighted by molar-refractivity contribution is 5.59. The van der Waals surface area contributed by atoms with Crippen LogP contribution >= 0.6 is 0 Å². The molecule has 192 valence electrons. The SMILES string of the molecule is C=CCOc1cc(C(CC=O)c2c(C)cc(OC)cc2OC)ccc1C.CC1CC(C)CN(C)C1. The van der Waals surface area contributed by atoms with Gasteiger partial charge in [0.15, 0.2) is 0 Å². The summed E-state index contributed by atoms with van der Waals surface area (Å²) in [7, 11) is 5.47. The molecule has 1 saturated heterocycles. The predicted octanol–water partition coefficient (Wildman–Crippen LogP) is 6.20. The van der Waals surface area contributed by atoms with Crippen LogP contribution in [0.1, 0.15) is 54.9 Å². The molecule has 5 heteroatoms. The lowest BCUT2D eigenvalue weighted by atomic mass is 9.85. The lowest BCUT2D eigenvalue weighted by Gasteiger charge is -2.31. The van der Waals surface area contributed by atoms with Crippen LogP contribution < -0.4 is 14.2 Å². The number of methoxy groups -OCH3 is 2. The molecule has 1 fully saturated rings. The van der Waals surface area contributed by atoms with E-state index in [4.69, 9.17) is 14.2 Å². The number of likely N-dealkylation sites (tertiary alicyclic amines) is 1. The number of ether oxygens (including phenoxy) is 3. The summed E-state index contributed by atoms with van der Waals surface area (Å²) in [6.45, 7) is 15.4. The second-order valence-corrected chi connectivity index (χ2v) is 9.81.